The van der Waals surface area contributed by atoms with E-state index in [1.165, 1.54) is 16.4 Å². The average molecular weight is 384 g/mol. The molecular weight excluding hydrogens is 366 g/mol. The zero-order valence-corrected chi connectivity index (χ0v) is 15.0. The van der Waals surface area contributed by atoms with Gasteiger partial charge in [-0.3, -0.25) is 4.79 Å². The fourth-order valence-electron chi connectivity index (χ4n) is 1.75. The standard InChI is InChI=1S/C14H18BrN5OS/c1-8(2)12-18-19-14(20(12)16)22-9(3)13(21)17-11-6-4-10(15)5-7-11/h4-9H,16H2,1-3H3,(H,17,21)/t9-/m0/s1. The topological polar surface area (TPSA) is 85.8 Å². The predicted octanol–water partition coefficient (Wildman–Crippen LogP) is 3.00. The number of nitrogens with one attached hydrogen (secondary N) is 1. The van der Waals surface area contributed by atoms with Crippen LogP contribution in [0.4, 0.5) is 5.69 Å². The van der Waals surface area contributed by atoms with E-state index in [-0.39, 0.29) is 17.1 Å². The van der Waals surface area contributed by atoms with Crippen LogP contribution in [0, 0.1) is 0 Å². The van der Waals surface area contributed by atoms with Crippen molar-refractivity contribution >= 4 is 39.3 Å². The maximum absolute atomic E-state index is 12.2. The second-order valence-corrected chi connectivity index (χ2v) is 7.35. The van der Waals surface area contributed by atoms with Crippen molar-refractivity contribution in [3.05, 3.63) is 34.6 Å². The number of amides is 1. The Hall–Kier alpha value is -1.54. The zero-order valence-electron chi connectivity index (χ0n) is 12.6. The van der Waals surface area contributed by atoms with Crippen LogP contribution in [-0.2, 0) is 4.79 Å². The Morgan fingerprint density at radius 2 is 1.91 bits per heavy atom. The van der Waals surface area contributed by atoms with Gasteiger partial charge in [-0.1, -0.05) is 41.5 Å². The number of aromatic nitrogens is 3. The number of carbonyl (C=O) groups is 1. The number of anilines is 1. The fourth-order valence-corrected chi connectivity index (χ4v) is 2.79. The summed E-state index contributed by atoms with van der Waals surface area (Å²) in [5, 5.41) is 11.1. The molecule has 6 nitrogen and oxygen atoms in total. The van der Waals surface area contributed by atoms with Gasteiger partial charge in [-0.2, -0.15) is 0 Å². The number of hydrogen-bond donors (Lipinski definition) is 2. The molecule has 1 aromatic carbocycles. The van der Waals surface area contributed by atoms with Crippen LogP contribution in [0.1, 0.15) is 32.5 Å². The molecule has 0 spiro atoms. The number of rotatable bonds is 5. The molecule has 0 aliphatic heterocycles. The molecule has 0 bridgehead atoms. The van der Waals surface area contributed by atoms with E-state index in [1.807, 2.05) is 45.0 Å². The summed E-state index contributed by atoms with van der Waals surface area (Å²) >= 11 is 4.64. The second kappa shape index (κ2) is 7.15. The number of nitrogens with two attached hydrogens (primary N) is 1. The Kier molecular flexibility index (Phi) is 5.47. The third-order valence-electron chi connectivity index (χ3n) is 2.97. The summed E-state index contributed by atoms with van der Waals surface area (Å²) in [5.74, 6) is 6.72. The number of hydrogen-bond acceptors (Lipinski definition) is 5. The molecule has 1 amide bonds. The average Bonchev–Trinajstić information content (AvgIpc) is 2.82. The maximum atomic E-state index is 12.2. The molecule has 118 valence electrons. The maximum Gasteiger partial charge on any atom is 0.237 e. The molecule has 2 aromatic rings. The first-order valence-corrected chi connectivity index (χ1v) is 8.49. The third kappa shape index (κ3) is 4.01. The molecule has 3 N–H and O–H groups in total. The summed E-state index contributed by atoms with van der Waals surface area (Å²) in [5.41, 5.74) is 0.748. The fraction of sp³-hybridized carbons (Fsp3) is 0.357. The lowest BCUT2D eigenvalue weighted by molar-refractivity contribution is -0.115. The first-order valence-electron chi connectivity index (χ1n) is 6.82. The van der Waals surface area contributed by atoms with Crippen molar-refractivity contribution in [3.8, 4) is 0 Å². The van der Waals surface area contributed by atoms with E-state index in [1.54, 1.807) is 0 Å². The van der Waals surface area contributed by atoms with Gasteiger partial charge in [0, 0.05) is 16.1 Å². The van der Waals surface area contributed by atoms with Crippen molar-refractivity contribution in [3.63, 3.8) is 0 Å². The van der Waals surface area contributed by atoms with E-state index in [4.69, 9.17) is 5.84 Å². The number of nitrogen functional groups attached to an aromatic ring is 1. The quantitative estimate of drug-likeness (QED) is 0.612. The largest absolute Gasteiger partial charge is 0.336 e. The zero-order chi connectivity index (χ0) is 16.3. The van der Waals surface area contributed by atoms with E-state index in [2.05, 4.69) is 31.4 Å². The Bertz CT molecular complexity index is 656. The van der Waals surface area contributed by atoms with Gasteiger partial charge in [0.1, 0.15) is 0 Å². The second-order valence-electron chi connectivity index (χ2n) is 5.12. The molecule has 8 heteroatoms. The molecule has 0 radical (unpaired) electrons. The molecule has 22 heavy (non-hydrogen) atoms. The van der Waals surface area contributed by atoms with Crippen LogP contribution in [0.5, 0.6) is 0 Å². The molecule has 0 fully saturated rings. The lowest BCUT2D eigenvalue weighted by atomic mass is 10.2. The van der Waals surface area contributed by atoms with Gasteiger partial charge in [0.05, 0.1) is 5.25 Å². The number of nitrogens with zero attached hydrogens (tertiary/aromatic N) is 3. The lowest BCUT2D eigenvalue weighted by Gasteiger charge is -2.12. The van der Waals surface area contributed by atoms with Gasteiger partial charge in [-0.05, 0) is 31.2 Å². The van der Waals surface area contributed by atoms with Crippen LogP contribution in [0.15, 0.2) is 33.9 Å². The van der Waals surface area contributed by atoms with Gasteiger partial charge in [0.2, 0.25) is 11.1 Å². The van der Waals surface area contributed by atoms with Crippen molar-refractivity contribution in [1.29, 1.82) is 0 Å². The van der Waals surface area contributed by atoms with Crippen LogP contribution < -0.4 is 11.2 Å². The Labute approximate surface area is 142 Å². The normalized spacial score (nSPS) is 12.4. The molecule has 1 aromatic heterocycles. The minimum atomic E-state index is -0.338. The molecule has 1 atom stereocenters. The van der Waals surface area contributed by atoms with Crippen molar-refractivity contribution in [2.24, 2.45) is 0 Å². The van der Waals surface area contributed by atoms with Crippen molar-refractivity contribution in [1.82, 2.24) is 14.9 Å². The van der Waals surface area contributed by atoms with E-state index in [0.29, 0.717) is 11.0 Å². The summed E-state index contributed by atoms with van der Waals surface area (Å²) < 4.78 is 2.41. The molecule has 2 rings (SSSR count). The molecular formula is C14H18BrN5OS. The first-order chi connectivity index (χ1) is 10.4. The van der Waals surface area contributed by atoms with Gasteiger partial charge in [-0.15, -0.1) is 10.2 Å². The molecule has 1 heterocycles. The predicted molar refractivity (Wildman–Crippen MR) is 92.4 cm³/mol. The van der Waals surface area contributed by atoms with Crippen molar-refractivity contribution in [2.45, 2.75) is 37.1 Å². The monoisotopic (exact) mass is 383 g/mol. The van der Waals surface area contributed by atoms with Crippen LogP contribution in [0.2, 0.25) is 0 Å². The van der Waals surface area contributed by atoms with Gasteiger partial charge >= 0.3 is 0 Å². The lowest BCUT2D eigenvalue weighted by Crippen LogP contribution is -2.24. The minimum absolute atomic E-state index is 0.110. The minimum Gasteiger partial charge on any atom is -0.336 e. The van der Waals surface area contributed by atoms with E-state index in [0.717, 1.165) is 10.2 Å². The summed E-state index contributed by atoms with van der Waals surface area (Å²) in [6, 6.07) is 7.42. The smallest absolute Gasteiger partial charge is 0.237 e. The molecule has 0 saturated heterocycles. The summed E-state index contributed by atoms with van der Waals surface area (Å²) in [6.07, 6.45) is 0. The van der Waals surface area contributed by atoms with Crippen molar-refractivity contribution in [2.75, 3.05) is 11.2 Å². The van der Waals surface area contributed by atoms with E-state index in [9.17, 15) is 4.79 Å². The van der Waals surface area contributed by atoms with Crippen LogP contribution in [-0.4, -0.2) is 26.0 Å². The highest BCUT2D eigenvalue weighted by molar-refractivity contribution is 9.10. The molecule has 0 aliphatic carbocycles. The van der Waals surface area contributed by atoms with E-state index < -0.39 is 0 Å². The highest BCUT2D eigenvalue weighted by Crippen LogP contribution is 2.24. The Morgan fingerprint density at radius 1 is 1.27 bits per heavy atom. The van der Waals surface area contributed by atoms with Crippen LogP contribution in [0.25, 0.3) is 0 Å². The summed E-state index contributed by atoms with van der Waals surface area (Å²) in [7, 11) is 0. The number of benzene rings is 1. The Morgan fingerprint density at radius 3 is 2.45 bits per heavy atom. The molecule has 0 unspecified atom stereocenters. The van der Waals surface area contributed by atoms with Crippen LogP contribution in [0.3, 0.4) is 0 Å². The molecule has 0 saturated carbocycles. The SMILES string of the molecule is CC(C)c1nnc(S[C@@H](C)C(=O)Nc2ccc(Br)cc2)n1N. The van der Waals surface area contributed by atoms with Gasteiger partial charge < -0.3 is 11.2 Å². The van der Waals surface area contributed by atoms with Crippen molar-refractivity contribution < 1.29 is 4.79 Å². The third-order valence-corrected chi connectivity index (χ3v) is 4.56. The van der Waals surface area contributed by atoms with Gasteiger partial charge in [0.15, 0.2) is 5.82 Å². The molecule has 0 aliphatic rings. The summed E-state index contributed by atoms with van der Waals surface area (Å²) in [6.45, 7) is 5.79. The highest BCUT2D eigenvalue weighted by Gasteiger charge is 2.20. The number of thioether (sulfide) groups is 1. The number of halogens is 1. The summed E-state index contributed by atoms with van der Waals surface area (Å²) in [4.78, 5) is 12.2. The van der Waals surface area contributed by atoms with E-state index >= 15 is 0 Å². The number of carbonyl (C=O) groups excluding carboxylic acids is 1. The highest BCUT2D eigenvalue weighted by atomic mass is 79.9. The van der Waals surface area contributed by atoms with Gasteiger partial charge in [0.25, 0.3) is 0 Å². The van der Waals surface area contributed by atoms with Crippen LogP contribution >= 0.6 is 27.7 Å². The first kappa shape index (κ1) is 16.8. The Balaban J connectivity index is 2.01. The van der Waals surface area contributed by atoms with Gasteiger partial charge in [-0.25, -0.2) is 4.68 Å².